The highest BCUT2D eigenvalue weighted by molar-refractivity contribution is 7.84. The smallest absolute Gasteiger partial charge is 0.0383 e. The standard InChI is InChI=1S/C12H25NOS/c1-9-5-6-12(7-10(9)2)13-11(3)8-15(4)14/h9-13H,5-8H2,1-4H3/t9-,10+,11-,12-,15+/m1/s1. The summed E-state index contributed by atoms with van der Waals surface area (Å²) in [6.45, 7) is 6.84. The molecule has 0 radical (unpaired) electrons. The molecule has 0 aromatic heterocycles. The number of rotatable bonds is 4. The molecule has 0 saturated heterocycles. The summed E-state index contributed by atoms with van der Waals surface area (Å²) in [4.78, 5) is 0. The lowest BCUT2D eigenvalue weighted by atomic mass is 9.79. The van der Waals surface area contributed by atoms with Gasteiger partial charge in [-0.3, -0.25) is 4.21 Å². The summed E-state index contributed by atoms with van der Waals surface area (Å²) in [7, 11) is -0.678. The number of nitrogens with one attached hydrogen (secondary N) is 1. The minimum absolute atomic E-state index is 0.390. The van der Waals surface area contributed by atoms with Gasteiger partial charge in [-0.1, -0.05) is 13.8 Å². The van der Waals surface area contributed by atoms with Gasteiger partial charge in [0.15, 0.2) is 0 Å². The second kappa shape index (κ2) is 6.00. The molecule has 0 spiro atoms. The maximum absolute atomic E-state index is 11.1. The first-order valence-electron chi connectivity index (χ1n) is 6.05. The van der Waals surface area contributed by atoms with Crippen LogP contribution in [0.5, 0.6) is 0 Å². The van der Waals surface area contributed by atoms with Crippen molar-refractivity contribution in [3.8, 4) is 0 Å². The summed E-state index contributed by atoms with van der Waals surface area (Å²) < 4.78 is 11.1. The van der Waals surface area contributed by atoms with Gasteiger partial charge in [0.25, 0.3) is 0 Å². The van der Waals surface area contributed by atoms with Gasteiger partial charge in [0.1, 0.15) is 0 Å². The van der Waals surface area contributed by atoms with E-state index in [1.165, 1.54) is 19.3 Å². The summed E-state index contributed by atoms with van der Waals surface area (Å²) in [5.41, 5.74) is 0. The minimum Gasteiger partial charge on any atom is -0.311 e. The Kier molecular flexibility index (Phi) is 5.27. The lowest BCUT2D eigenvalue weighted by molar-refractivity contribution is 0.220. The van der Waals surface area contributed by atoms with Gasteiger partial charge in [0, 0.05) is 34.9 Å². The number of hydrogen-bond acceptors (Lipinski definition) is 2. The normalized spacial score (nSPS) is 36.1. The van der Waals surface area contributed by atoms with E-state index in [1.807, 2.05) is 0 Å². The summed E-state index contributed by atoms with van der Waals surface area (Å²) in [5, 5.41) is 3.61. The average molecular weight is 231 g/mol. The van der Waals surface area contributed by atoms with Crippen molar-refractivity contribution in [3.63, 3.8) is 0 Å². The quantitative estimate of drug-likeness (QED) is 0.803. The van der Waals surface area contributed by atoms with E-state index in [-0.39, 0.29) is 0 Å². The molecule has 0 heterocycles. The molecule has 1 saturated carbocycles. The monoisotopic (exact) mass is 231 g/mol. The average Bonchev–Trinajstić information content (AvgIpc) is 2.10. The van der Waals surface area contributed by atoms with Crippen LogP contribution in [0.25, 0.3) is 0 Å². The largest absolute Gasteiger partial charge is 0.311 e. The van der Waals surface area contributed by atoms with Crippen LogP contribution >= 0.6 is 0 Å². The third-order valence-electron chi connectivity index (χ3n) is 3.60. The van der Waals surface area contributed by atoms with Gasteiger partial charge in [0.05, 0.1) is 0 Å². The molecule has 15 heavy (non-hydrogen) atoms. The van der Waals surface area contributed by atoms with Crippen LogP contribution < -0.4 is 5.32 Å². The van der Waals surface area contributed by atoms with Crippen molar-refractivity contribution in [2.45, 2.75) is 52.1 Å². The zero-order chi connectivity index (χ0) is 11.4. The molecular formula is C12H25NOS. The first kappa shape index (κ1) is 13.2. The summed E-state index contributed by atoms with van der Waals surface area (Å²) in [6.07, 6.45) is 5.68. The van der Waals surface area contributed by atoms with E-state index in [4.69, 9.17) is 0 Å². The van der Waals surface area contributed by atoms with Gasteiger partial charge in [-0.25, -0.2) is 0 Å². The first-order chi connectivity index (χ1) is 6.99. The molecule has 0 unspecified atom stereocenters. The fraction of sp³-hybridized carbons (Fsp3) is 1.00. The van der Waals surface area contributed by atoms with E-state index >= 15 is 0 Å². The van der Waals surface area contributed by atoms with Gasteiger partial charge >= 0.3 is 0 Å². The van der Waals surface area contributed by atoms with Crippen molar-refractivity contribution in [3.05, 3.63) is 0 Å². The van der Waals surface area contributed by atoms with Crippen LogP contribution in [0.1, 0.15) is 40.0 Å². The molecule has 1 aliphatic rings. The molecule has 1 fully saturated rings. The van der Waals surface area contributed by atoms with E-state index in [2.05, 4.69) is 26.1 Å². The van der Waals surface area contributed by atoms with Crippen molar-refractivity contribution in [2.24, 2.45) is 11.8 Å². The summed E-state index contributed by atoms with van der Waals surface area (Å²) >= 11 is 0. The van der Waals surface area contributed by atoms with Crippen LogP contribution in [0.2, 0.25) is 0 Å². The Balaban J connectivity index is 2.30. The van der Waals surface area contributed by atoms with Crippen LogP contribution in [-0.2, 0) is 10.8 Å². The lowest BCUT2D eigenvalue weighted by Gasteiger charge is -2.34. The van der Waals surface area contributed by atoms with Crippen molar-refractivity contribution < 1.29 is 4.21 Å². The number of hydrogen-bond donors (Lipinski definition) is 1. The molecule has 3 heteroatoms. The van der Waals surface area contributed by atoms with Crippen molar-refractivity contribution in [2.75, 3.05) is 12.0 Å². The minimum atomic E-state index is -0.678. The highest BCUT2D eigenvalue weighted by Gasteiger charge is 2.25. The van der Waals surface area contributed by atoms with Gasteiger partial charge in [-0.05, 0) is 38.0 Å². The predicted molar refractivity (Wildman–Crippen MR) is 67.5 cm³/mol. The Morgan fingerprint density at radius 3 is 2.53 bits per heavy atom. The van der Waals surface area contributed by atoms with Crippen LogP contribution in [0, 0.1) is 11.8 Å². The Morgan fingerprint density at radius 1 is 1.33 bits per heavy atom. The van der Waals surface area contributed by atoms with E-state index in [0.717, 1.165) is 17.6 Å². The van der Waals surface area contributed by atoms with Gasteiger partial charge < -0.3 is 5.32 Å². The zero-order valence-electron chi connectivity index (χ0n) is 10.5. The summed E-state index contributed by atoms with van der Waals surface area (Å²) in [6, 6.07) is 1.04. The second-order valence-corrected chi connectivity index (χ2v) is 6.75. The van der Waals surface area contributed by atoms with Crippen molar-refractivity contribution in [1.29, 1.82) is 0 Å². The van der Waals surface area contributed by atoms with Gasteiger partial charge in [-0.15, -0.1) is 0 Å². The molecule has 1 N–H and O–H groups in total. The highest BCUT2D eigenvalue weighted by Crippen LogP contribution is 2.29. The molecule has 1 rings (SSSR count). The van der Waals surface area contributed by atoms with Crippen LogP contribution in [0.3, 0.4) is 0 Å². The molecule has 90 valence electrons. The molecular weight excluding hydrogens is 206 g/mol. The molecule has 1 aliphatic carbocycles. The Hall–Kier alpha value is 0.110. The fourth-order valence-corrected chi connectivity index (χ4v) is 3.30. The Labute approximate surface area is 96.7 Å². The van der Waals surface area contributed by atoms with E-state index < -0.39 is 10.8 Å². The predicted octanol–water partition coefficient (Wildman–Crippen LogP) is 2.17. The SMILES string of the molecule is C[C@H](C[S@](C)=O)N[C@@H]1CC[C@@H](C)[C@@H](C)C1. The molecule has 0 amide bonds. The van der Waals surface area contributed by atoms with Crippen LogP contribution in [0.15, 0.2) is 0 Å². The van der Waals surface area contributed by atoms with Crippen molar-refractivity contribution in [1.82, 2.24) is 5.32 Å². The topological polar surface area (TPSA) is 29.1 Å². The molecule has 0 bridgehead atoms. The van der Waals surface area contributed by atoms with E-state index in [1.54, 1.807) is 6.26 Å². The second-order valence-electron chi connectivity index (χ2n) is 5.27. The summed E-state index contributed by atoms with van der Waals surface area (Å²) in [5.74, 6) is 2.48. The van der Waals surface area contributed by atoms with E-state index in [0.29, 0.717) is 12.1 Å². The van der Waals surface area contributed by atoms with Gasteiger partial charge in [-0.2, -0.15) is 0 Å². The third kappa shape index (κ3) is 4.64. The van der Waals surface area contributed by atoms with Crippen LogP contribution in [-0.4, -0.2) is 28.3 Å². The van der Waals surface area contributed by atoms with Gasteiger partial charge in [0.2, 0.25) is 0 Å². The molecule has 5 atom stereocenters. The Morgan fingerprint density at radius 2 is 2.00 bits per heavy atom. The Bertz CT molecular complexity index is 220. The molecule has 0 aromatic carbocycles. The lowest BCUT2D eigenvalue weighted by Crippen LogP contribution is -2.43. The molecule has 2 nitrogen and oxygen atoms in total. The van der Waals surface area contributed by atoms with E-state index in [9.17, 15) is 4.21 Å². The molecule has 0 aliphatic heterocycles. The fourth-order valence-electron chi connectivity index (χ4n) is 2.50. The maximum Gasteiger partial charge on any atom is 0.0383 e. The maximum atomic E-state index is 11.1. The zero-order valence-corrected chi connectivity index (χ0v) is 11.3. The third-order valence-corrected chi connectivity index (χ3v) is 4.57. The van der Waals surface area contributed by atoms with Crippen molar-refractivity contribution >= 4 is 10.8 Å². The highest BCUT2D eigenvalue weighted by atomic mass is 32.2. The van der Waals surface area contributed by atoms with Crippen LogP contribution in [0.4, 0.5) is 0 Å². The molecule has 0 aromatic rings. The first-order valence-corrected chi connectivity index (χ1v) is 7.77.